The van der Waals surface area contributed by atoms with Crippen molar-refractivity contribution < 1.29 is 13.6 Å². The average Bonchev–Trinajstić information content (AvgIpc) is 3.51. The smallest absolute Gasteiger partial charge is 0.293 e. The molecule has 0 aliphatic rings. The molecule has 1 amide bonds. The topological polar surface area (TPSA) is 103 Å². The van der Waals surface area contributed by atoms with Crippen LogP contribution < -0.4 is 5.32 Å². The largest absolute Gasteiger partial charge is 0.436 e. The summed E-state index contributed by atoms with van der Waals surface area (Å²) in [5.41, 5.74) is 3.32. The molecule has 9 nitrogen and oxygen atoms in total. The third-order valence-corrected chi connectivity index (χ3v) is 5.23. The molecule has 0 saturated heterocycles. The molecule has 0 bridgehead atoms. The van der Waals surface area contributed by atoms with Crippen molar-refractivity contribution in [2.75, 3.05) is 5.32 Å². The van der Waals surface area contributed by atoms with Crippen molar-refractivity contribution in [1.82, 2.24) is 29.1 Å². The summed E-state index contributed by atoms with van der Waals surface area (Å²) < 4.78 is 23.7. The molecule has 1 N–H and O–H groups in total. The summed E-state index contributed by atoms with van der Waals surface area (Å²) in [6.45, 7) is 6.09. The van der Waals surface area contributed by atoms with Gasteiger partial charge in [0.2, 0.25) is 11.5 Å². The standard InChI is InChI=1S/C23H20FN7O2/c1-4-31-20(7-8-26-31)15-10-25-23-29-19(12-30(23)11-15)17-9-16(5-6-18(17)24)28-22(32)21-13(2)27-14(3)33-21/h5-12H,4H2,1-3H3,(H,28,32). The lowest BCUT2D eigenvalue weighted by Gasteiger charge is -2.06. The molecular formula is C23H20FN7O2. The van der Waals surface area contributed by atoms with Crippen molar-refractivity contribution in [2.24, 2.45) is 0 Å². The lowest BCUT2D eigenvalue weighted by atomic mass is 10.1. The number of aryl methyl sites for hydroxylation is 3. The van der Waals surface area contributed by atoms with Crippen LogP contribution in [0.2, 0.25) is 0 Å². The zero-order chi connectivity index (χ0) is 23.1. The molecule has 4 aromatic heterocycles. The van der Waals surface area contributed by atoms with Crippen LogP contribution in [0.4, 0.5) is 10.1 Å². The van der Waals surface area contributed by atoms with Gasteiger partial charge in [-0.25, -0.2) is 19.3 Å². The van der Waals surface area contributed by atoms with Gasteiger partial charge in [-0.1, -0.05) is 0 Å². The van der Waals surface area contributed by atoms with Crippen LogP contribution in [0.3, 0.4) is 0 Å². The van der Waals surface area contributed by atoms with Gasteiger partial charge in [-0.2, -0.15) is 5.10 Å². The predicted octanol–water partition coefficient (Wildman–Crippen LogP) is 4.28. The van der Waals surface area contributed by atoms with Crippen LogP contribution in [0.25, 0.3) is 28.3 Å². The van der Waals surface area contributed by atoms with E-state index in [1.165, 1.54) is 18.2 Å². The summed E-state index contributed by atoms with van der Waals surface area (Å²) in [6, 6.07) is 6.20. The van der Waals surface area contributed by atoms with Gasteiger partial charge < -0.3 is 9.73 Å². The van der Waals surface area contributed by atoms with E-state index in [1.54, 1.807) is 36.8 Å². The minimum absolute atomic E-state index is 0.120. The van der Waals surface area contributed by atoms with Crippen LogP contribution >= 0.6 is 0 Å². The van der Waals surface area contributed by atoms with Gasteiger partial charge in [0.05, 0.1) is 17.1 Å². The Bertz CT molecular complexity index is 1500. The number of anilines is 1. The number of aromatic nitrogens is 6. The van der Waals surface area contributed by atoms with E-state index in [-0.39, 0.29) is 11.3 Å². The third kappa shape index (κ3) is 3.75. The van der Waals surface area contributed by atoms with E-state index >= 15 is 0 Å². The van der Waals surface area contributed by atoms with Gasteiger partial charge in [0.25, 0.3) is 5.91 Å². The quantitative estimate of drug-likeness (QED) is 0.433. The second kappa shape index (κ2) is 7.97. The second-order valence-electron chi connectivity index (χ2n) is 7.50. The molecule has 0 unspecified atom stereocenters. The number of amides is 1. The predicted molar refractivity (Wildman–Crippen MR) is 119 cm³/mol. The molecule has 10 heteroatoms. The highest BCUT2D eigenvalue weighted by atomic mass is 19.1. The van der Waals surface area contributed by atoms with Crippen molar-refractivity contribution >= 4 is 17.4 Å². The monoisotopic (exact) mass is 445 g/mol. The molecule has 1 aromatic carbocycles. The zero-order valence-corrected chi connectivity index (χ0v) is 18.2. The normalized spacial score (nSPS) is 11.3. The molecule has 0 aliphatic heterocycles. The van der Waals surface area contributed by atoms with E-state index in [9.17, 15) is 9.18 Å². The van der Waals surface area contributed by atoms with Crippen LogP contribution in [0.15, 0.2) is 53.5 Å². The van der Waals surface area contributed by atoms with Crippen LogP contribution in [0.1, 0.15) is 29.1 Å². The van der Waals surface area contributed by atoms with Gasteiger partial charge in [0, 0.05) is 55.1 Å². The van der Waals surface area contributed by atoms with E-state index in [0.29, 0.717) is 28.7 Å². The highest BCUT2D eigenvalue weighted by Crippen LogP contribution is 2.27. The summed E-state index contributed by atoms with van der Waals surface area (Å²) in [7, 11) is 0. The number of nitrogens with one attached hydrogen (secondary N) is 1. The van der Waals surface area contributed by atoms with Crippen LogP contribution in [-0.2, 0) is 6.54 Å². The summed E-state index contributed by atoms with van der Waals surface area (Å²) in [4.78, 5) is 25.5. The lowest BCUT2D eigenvalue weighted by molar-refractivity contribution is 0.0994. The SMILES string of the molecule is CCn1nccc1-c1cnc2nc(-c3cc(NC(=O)c4oc(C)nc4C)ccc3F)cn2c1. The Kier molecular flexibility index (Phi) is 4.97. The van der Waals surface area contributed by atoms with Crippen molar-refractivity contribution in [3.63, 3.8) is 0 Å². The molecule has 33 heavy (non-hydrogen) atoms. The maximum Gasteiger partial charge on any atom is 0.293 e. The van der Waals surface area contributed by atoms with Crippen molar-refractivity contribution in [1.29, 1.82) is 0 Å². The summed E-state index contributed by atoms with van der Waals surface area (Å²) >= 11 is 0. The van der Waals surface area contributed by atoms with E-state index < -0.39 is 11.7 Å². The first-order valence-electron chi connectivity index (χ1n) is 10.3. The highest BCUT2D eigenvalue weighted by molar-refractivity contribution is 6.03. The number of fused-ring (bicyclic) bond motifs is 1. The number of carbonyl (C=O) groups excluding carboxylic acids is 1. The molecule has 0 aliphatic carbocycles. The first-order chi connectivity index (χ1) is 15.9. The Morgan fingerprint density at radius 2 is 2.03 bits per heavy atom. The van der Waals surface area contributed by atoms with Crippen LogP contribution in [0, 0.1) is 19.7 Å². The van der Waals surface area contributed by atoms with Gasteiger partial charge >= 0.3 is 0 Å². The summed E-state index contributed by atoms with van der Waals surface area (Å²) in [6.07, 6.45) is 7.02. The van der Waals surface area contributed by atoms with E-state index in [2.05, 4.69) is 25.4 Å². The Labute approximate surface area is 187 Å². The highest BCUT2D eigenvalue weighted by Gasteiger charge is 2.18. The maximum absolute atomic E-state index is 14.7. The number of imidazole rings is 1. The molecule has 166 valence electrons. The van der Waals surface area contributed by atoms with Crippen LogP contribution in [-0.4, -0.2) is 35.0 Å². The fourth-order valence-electron chi connectivity index (χ4n) is 3.71. The molecule has 5 aromatic rings. The summed E-state index contributed by atoms with van der Waals surface area (Å²) in [5, 5.41) is 7.01. The van der Waals surface area contributed by atoms with Crippen molar-refractivity contribution in [3.8, 4) is 22.5 Å². The maximum atomic E-state index is 14.7. The minimum atomic E-state index is -0.465. The third-order valence-electron chi connectivity index (χ3n) is 5.23. The number of hydrogen-bond acceptors (Lipinski definition) is 6. The number of carbonyl (C=O) groups is 1. The van der Waals surface area contributed by atoms with Crippen molar-refractivity contribution in [3.05, 3.63) is 72.2 Å². The minimum Gasteiger partial charge on any atom is -0.436 e. The lowest BCUT2D eigenvalue weighted by Crippen LogP contribution is -2.12. The number of nitrogens with zero attached hydrogens (tertiary/aromatic N) is 6. The number of halogens is 1. The fourth-order valence-corrected chi connectivity index (χ4v) is 3.71. The van der Waals surface area contributed by atoms with Crippen molar-refractivity contribution in [2.45, 2.75) is 27.3 Å². The Morgan fingerprint density at radius 1 is 1.18 bits per heavy atom. The molecule has 4 heterocycles. The molecule has 0 saturated carbocycles. The van der Waals surface area contributed by atoms with Gasteiger partial charge in [-0.3, -0.25) is 13.9 Å². The first-order valence-corrected chi connectivity index (χ1v) is 10.3. The molecule has 5 rings (SSSR count). The average molecular weight is 445 g/mol. The van der Waals surface area contributed by atoms with Crippen LogP contribution in [0.5, 0.6) is 0 Å². The Morgan fingerprint density at radius 3 is 2.79 bits per heavy atom. The van der Waals surface area contributed by atoms with E-state index in [4.69, 9.17) is 4.42 Å². The number of oxazole rings is 1. The Balaban J connectivity index is 1.48. The molecule has 0 radical (unpaired) electrons. The van der Waals surface area contributed by atoms with Gasteiger partial charge in [0.1, 0.15) is 5.82 Å². The molecular weight excluding hydrogens is 425 g/mol. The number of benzene rings is 1. The molecule has 0 fully saturated rings. The fraction of sp³-hybridized carbons (Fsp3) is 0.174. The zero-order valence-electron chi connectivity index (χ0n) is 18.2. The number of hydrogen-bond donors (Lipinski definition) is 1. The molecule has 0 spiro atoms. The Hall–Kier alpha value is -4.34. The molecule has 0 atom stereocenters. The number of rotatable bonds is 5. The van der Waals surface area contributed by atoms with Gasteiger partial charge in [0.15, 0.2) is 5.89 Å². The second-order valence-corrected chi connectivity index (χ2v) is 7.50. The van der Waals surface area contributed by atoms with Gasteiger partial charge in [-0.15, -0.1) is 0 Å². The summed E-state index contributed by atoms with van der Waals surface area (Å²) in [5.74, 6) is 0.0231. The van der Waals surface area contributed by atoms with E-state index in [0.717, 1.165) is 17.8 Å². The first kappa shape index (κ1) is 20.6. The van der Waals surface area contributed by atoms with Gasteiger partial charge in [-0.05, 0) is 38.1 Å². The van der Waals surface area contributed by atoms with E-state index in [1.807, 2.05) is 23.9 Å².